The van der Waals surface area contributed by atoms with Crippen molar-refractivity contribution in [1.29, 1.82) is 0 Å². The minimum atomic E-state index is -0.603. The summed E-state index contributed by atoms with van der Waals surface area (Å²) in [6.07, 6.45) is 0. The molecule has 0 spiro atoms. The highest BCUT2D eigenvalue weighted by atomic mass is 35.5. The normalized spacial score (nSPS) is 8.77. The number of hydrogen-bond acceptors (Lipinski definition) is 2. The van der Waals surface area contributed by atoms with Crippen LogP contribution in [0.3, 0.4) is 0 Å². The van der Waals surface area contributed by atoms with Crippen molar-refractivity contribution in [3.63, 3.8) is 0 Å². The molecule has 1 aromatic rings. The lowest BCUT2D eigenvalue weighted by molar-refractivity contribution is 0.1000. The summed E-state index contributed by atoms with van der Waals surface area (Å²) >= 11 is 0. The Morgan fingerprint density at radius 3 is 2.62 bits per heavy atom. The first-order chi connectivity index (χ1) is 5.65. The number of halogens is 2. The maximum atomic E-state index is 12.8. The summed E-state index contributed by atoms with van der Waals surface area (Å²) in [5.74, 6) is -1.10. The summed E-state index contributed by atoms with van der Waals surface area (Å²) in [5.41, 5.74) is 5.20. The highest BCUT2D eigenvalue weighted by Gasteiger charge is 2.06. The number of amides is 1. The summed E-state index contributed by atoms with van der Waals surface area (Å²) in [6.45, 7) is 0. The number of methoxy groups -OCH3 is 1. The first kappa shape index (κ1) is 11.7. The van der Waals surface area contributed by atoms with E-state index >= 15 is 0 Å². The standard InChI is InChI=1S/C8H8FNO2.ClH/c1-12-7-4-5(8(10)11)2-3-6(7)9;/h2-4H,1H3,(H2,10,11);1H. The molecule has 0 aromatic heterocycles. The summed E-state index contributed by atoms with van der Waals surface area (Å²) in [4.78, 5) is 10.6. The number of rotatable bonds is 2. The Hall–Kier alpha value is -1.29. The van der Waals surface area contributed by atoms with Gasteiger partial charge in [-0.15, -0.1) is 12.4 Å². The van der Waals surface area contributed by atoms with Gasteiger partial charge >= 0.3 is 0 Å². The van der Waals surface area contributed by atoms with Crippen LogP contribution in [0.15, 0.2) is 18.2 Å². The van der Waals surface area contributed by atoms with Gasteiger partial charge in [0.05, 0.1) is 7.11 Å². The Bertz CT molecular complexity index is 317. The lowest BCUT2D eigenvalue weighted by atomic mass is 10.2. The first-order valence-electron chi connectivity index (χ1n) is 3.28. The number of nitrogens with two attached hydrogens (primary N) is 1. The van der Waals surface area contributed by atoms with E-state index in [0.29, 0.717) is 0 Å². The average molecular weight is 206 g/mol. The molecule has 0 saturated heterocycles. The predicted molar refractivity (Wildman–Crippen MR) is 48.7 cm³/mol. The van der Waals surface area contributed by atoms with E-state index in [9.17, 15) is 9.18 Å². The average Bonchev–Trinajstić information content (AvgIpc) is 2.05. The molecule has 0 fully saturated rings. The monoisotopic (exact) mass is 205 g/mol. The molecule has 0 aliphatic rings. The van der Waals surface area contributed by atoms with Gasteiger partial charge in [0.2, 0.25) is 5.91 Å². The molecule has 5 heteroatoms. The van der Waals surface area contributed by atoms with Gasteiger partial charge in [-0.25, -0.2) is 4.39 Å². The molecule has 1 amide bonds. The molecule has 0 radical (unpaired) electrons. The van der Waals surface area contributed by atoms with E-state index in [-0.39, 0.29) is 23.7 Å². The smallest absolute Gasteiger partial charge is 0.248 e. The maximum Gasteiger partial charge on any atom is 0.248 e. The second-order valence-electron chi connectivity index (χ2n) is 2.21. The van der Waals surface area contributed by atoms with E-state index in [2.05, 4.69) is 4.74 Å². The lowest BCUT2D eigenvalue weighted by Crippen LogP contribution is -2.11. The zero-order valence-corrected chi connectivity index (χ0v) is 7.73. The molecule has 1 aromatic carbocycles. The number of primary amides is 1. The molecule has 0 aliphatic heterocycles. The number of carbonyl (C=O) groups excluding carboxylic acids is 1. The third-order valence-electron chi connectivity index (χ3n) is 1.44. The number of benzene rings is 1. The van der Waals surface area contributed by atoms with Crippen LogP contribution in [0, 0.1) is 5.82 Å². The van der Waals surface area contributed by atoms with Crippen LogP contribution in [0.1, 0.15) is 10.4 Å². The van der Waals surface area contributed by atoms with Crippen LogP contribution in [0.5, 0.6) is 5.75 Å². The zero-order chi connectivity index (χ0) is 9.14. The van der Waals surface area contributed by atoms with Gasteiger partial charge < -0.3 is 10.5 Å². The molecule has 1 rings (SSSR count). The number of ether oxygens (including phenoxy) is 1. The van der Waals surface area contributed by atoms with Crippen molar-refractivity contribution < 1.29 is 13.9 Å². The summed E-state index contributed by atoms with van der Waals surface area (Å²) in [7, 11) is 1.32. The quantitative estimate of drug-likeness (QED) is 0.793. The van der Waals surface area contributed by atoms with Gasteiger partial charge in [-0.05, 0) is 18.2 Å². The van der Waals surface area contributed by atoms with Crippen molar-refractivity contribution in [1.82, 2.24) is 0 Å². The molecule has 72 valence electrons. The van der Waals surface area contributed by atoms with Crippen LogP contribution in [0.25, 0.3) is 0 Å². The molecule has 0 aliphatic carbocycles. The van der Waals surface area contributed by atoms with Gasteiger partial charge in [0.25, 0.3) is 0 Å². The molecular formula is C8H9ClFNO2. The van der Waals surface area contributed by atoms with E-state index in [4.69, 9.17) is 5.73 Å². The summed E-state index contributed by atoms with van der Waals surface area (Å²) in [6, 6.07) is 3.71. The summed E-state index contributed by atoms with van der Waals surface area (Å²) < 4.78 is 17.4. The molecular weight excluding hydrogens is 197 g/mol. The SMILES string of the molecule is COc1cc(C(N)=O)ccc1F.Cl. The topological polar surface area (TPSA) is 52.3 Å². The molecule has 0 saturated carbocycles. The van der Waals surface area contributed by atoms with Crippen molar-refractivity contribution in [2.75, 3.05) is 7.11 Å². The van der Waals surface area contributed by atoms with Crippen molar-refractivity contribution in [3.8, 4) is 5.75 Å². The molecule has 0 heterocycles. The van der Waals surface area contributed by atoms with Gasteiger partial charge in [0.1, 0.15) is 0 Å². The Labute approximate surface area is 81.1 Å². The van der Waals surface area contributed by atoms with Crippen molar-refractivity contribution in [2.45, 2.75) is 0 Å². The van der Waals surface area contributed by atoms with Crippen LogP contribution in [-0.2, 0) is 0 Å². The fourth-order valence-corrected chi connectivity index (χ4v) is 0.813. The maximum absolute atomic E-state index is 12.8. The third-order valence-corrected chi connectivity index (χ3v) is 1.44. The molecule has 0 atom stereocenters. The number of hydrogen-bond donors (Lipinski definition) is 1. The van der Waals surface area contributed by atoms with Gasteiger partial charge in [0, 0.05) is 5.56 Å². The van der Waals surface area contributed by atoms with Crippen LogP contribution >= 0.6 is 12.4 Å². The molecule has 3 nitrogen and oxygen atoms in total. The second-order valence-corrected chi connectivity index (χ2v) is 2.21. The fraction of sp³-hybridized carbons (Fsp3) is 0.125. The largest absolute Gasteiger partial charge is 0.494 e. The van der Waals surface area contributed by atoms with E-state index in [0.717, 1.165) is 6.07 Å². The van der Waals surface area contributed by atoms with E-state index < -0.39 is 11.7 Å². The van der Waals surface area contributed by atoms with Gasteiger partial charge in [0.15, 0.2) is 11.6 Å². The Kier molecular flexibility index (Phi) is 4.20. The van der Waals surface area contributed by atoms with Gasteiger partial charge in [-0.2, -0.15) is 0 Å². The van der Waals surface area contributed by atoms with Crippen molar-refractivity contribution in [2.24, 2.45) is 5.73 Å². The van der Waals surface area contributed by atoms with Crippen molar-refractivity contribution in [3.05, 3.63) is 29.6 Å². The minimum absolute atomic E-state index is 0. The minimum Gasteiger partial charge on any atom is -0.494 e. The fourth-order valence-electron chi connectivity index (χ4n) is 0.813. The second kappa shape index (κ2) is 4.67. The van der Waals surface area contributed by atoms with Crippen molar-refractivity contribution >= 4 is 18.3 Å². The molecule has 2 N–H and O–H groups in total. The van der Waals surface area contributed by atoms with E-state index in [1.54, 1.807) is 0 Å². The van der Waals surface area contributed by atoms with Crippen LogP contribution in [-0.4, -0.2) is 13.0 Å². The Balaban J connectivity index is 0.00000144. The molecule has 13 heavy (non-hydrogen) atoms. The highest BCUT2D eigenvalue weighted by molar-refractivity contribution is 5.93. The van der Waals surface area contributed by atoms with Crippen LogP contribution in [0.2, 0.25) is 0 Å². The summed E-state index contributed by atoms with van der Waals surface area (Å²) in [5, 5.41) is 0. The van der Waals surface area contributed by atoms with Crippen LogP contribution < -0.4 is 10.5 Å². The van der Waals surface area contributed by atoms with Gasteiger partial charge in [-0.3, -0.25) is 4.79 Å². The lowest BCUT2D eigenvalue weighted by Gasteiger charge is -2.02. The van der Waals surface area contributed by atoms with E-state index in [1.165, 1.54) is 19.2 Å². The molecule has 0 unspecified atom stereocenters. The Morgan fingerprint density at radius 1 is 1.54 bits per heavy atom. The zero-order valence-electron chi connectivity index (χ0n) is 6.91. The highest BCUT2D eigenvalue weighted by Crippen LogP contribution is 2.17. The van der Waals surface area contributed by atoms with E-state index in [1.807, 2.05) is 0 Å². The third kappa shape index (κ3) is 2.59. The first-order valence-corrected chi connectivity index (χ1v) is 3.28. The molecule has 0 bridgehead atoms. The Morgan fingerprint density at radius 2 is 2.15 bits per heavy atom. The van der Waals surface area contributed by atoms with Crippen LogP contribution in [0.4, 0.5) is 4.39 Å². The van der Waals surface area contributed by atoms with Gasteiger partial charge in [-0.1, -0.05) is 0 Å². The number of carbonyl (C=O) groups is 1. The predicted octanol–water partition coefficient (Wildman–Crippen LogP) is 1.35.